The maximum absolute atomic E-state index is 12.3. The Morgan fingerprint density at radius 1 is 1.22 bits per heavy atom. The van der Waals surface area contributed by atoms with Gasteiger partial charge in [-0.2, -0.15) is 0 Å². The van der Waals surface area contributed by atoms with Crippen molar-refractivity contribution in [1.82, 2.24) is 5.32 Å². The zero-order valence-corrected chi connectivity index (χ0v) is 15.1. The molecule has 0 aliphatic heterocycles. The second kappa shape index (κ2) is 8.52. The summed E-state index contributed by atoms with van der Waals surface area (Å²) in [4.78, 5) is 24.1. The van der Waals surface area contributed by atoms with Crippen LogP contribution in [-0.4, -0.2) is 37.2 Å². The van der Waals surface area contributed by atoms with E-state index in [2.05, 4.69) is 5.32 Å². The minimum atomic E-state index is -0.616. The Hall–Kier alpha value is -1.30. The van der Waals surface area contributed by atoms with Gasteiger partial charge < -0.3 is 14.8 Å². The number of hydrogen-bond acceptors (Lipinski definition) is 4. The first-order valence-corrected chi connectivity index (χ1v) is 7.84. The molecule has 0 spiro atoms. The molecule has 23 heavy (non-hydrogen) atoms. The summed E-state index contributed by atoms with van der Waals surface area (Å²) >= 11 is 11.7. The third-order valence-corrected chi connectivity index (χ3v) is 3.50. The monoisotopic (exact) mass is 361 g/mol. The molecular formula is C16H21Cl2NO4. The van der Waals surface area contributed by atoms with Crippen LogP contribution in [0.4, 0.5) is 4.79 Å². The average Bonchev–Trinajstić information content (AvgIpc) is 2.39. The molecule has 5 nitrogen and oxygen atoms in total. The van der Waals surface area contributed by atoms with Crippen molar-refractivity contribution in [3.63, 3.8) is 0 Å². The number of amides is 1. The van der Waals surface area contributed by atoms with Crippen molar-refractivity contribution in [3.8, 4) is 0 Å². The van der Waals surface area contributed by atoms with Gasteiger partial charge in [0.1, 0.15) is 5.60 Å². The number of methoxy groups -OCH3 is 1. The van der Waals surface area contributed by atoms with Crippen molar-refractivity contribution in [2.24, 2.45) is 0 Å². The lowest BCUT2D eigenvalue weighted by atomic mass is 10.0. The van der Waals surface area contributed by atoms with E-state index in [1.807, 2.05) is 0 Å². The predicted molar refractivity (Wildman–Crippen MR) is 90.4 cm³/mol. The highest BCUT2D eigenvalue weighted by atomic mass is 35.5. The Morgan fingerprint density at radius 2 is 1.87 bits per heavy atom. The minimum absolute atomic E-state index is 0.0606. The van der Waals surface area contributed by atoms with Gasteiger partial charge in [-0.05, 0) is 39.0 Å². The van der Waals surface area contributed by atoms with Crippen LogP contribution in [0.25, 0.3) is 0 Å². The molecule has 0 saturated carbocycles. The first-order chi connectivity index (χ1) is 10.6. The van der Waals surface area contributed by atoms with Crippen molar-refractivity contribution in [3.05, 3.63) is 33.8 Å². The number of nitrogens with one attached hydrogen (secondary N) is 1. The van der Waals surface area contributed by atoms with Crippen LogP contribution in [0.3, 0.4) is 0 Å². The summed E-state index contributed by atoms with van der Waals surface area (Å²) in [5.41, 5.74) is -0.193. The van der Waals surface area contributed by atoms with E-state index in [0.717, 1.165) is 0 Å². The van der Waals surface area contributed by atoms with Gasteiger partial charge in [0, 0.05) is 19.1 Å². The third-order valence-electron chi connectivity index (χ3n) is 2.76. The Morgan fingerprint density at radius 3 is 2.39 bits per heavy atom. The predicted octanol–water partition coefficient (Wildman–Crippen LogP) is 4.11. The molecular weight excluding hydrogens is 341 g/mol. The molecule has 1 aromatic rings. The summed E-state index contributed by atoms with van der Waals surface area (Å²) in [6, 6.07) is 4.15. The first kappa shape index (κ1) is 19.7. The van der Waals surface area contributed by atoms with E-state index < -0.39 is 17.7 Å². The number of halogens is 2. The van der Waals surface area contributed by atoms with E-state index in [1.165, 1.54) is 13.2 Å². The Labute approximate surface area is 146 Å². The van der Waals surface area contributed by atoms with E-state index in [9.17, 15) is 9.59 Å². The van der Waals surface area contributed by atoms with Gasteiger partial charge in [0.25, 0.3) is 0 Å². The quantitative estimate of drug-likeness (QED) is 0.774. The maximum atomic E-state index is 12.3. The number of carbonyl (C=O) groups is 2. The molecule has 0 heterocycles. The Kier molecular flexibility index (Phi) is 7.32. The lowest BCUT2D eigenvalue weighted by Crippen LogP contribution is -2.42. The smallest absolute Gasteiger partial charge is 0.407 e. The van der Waals surface area contributed by atoms with Gasteiger partial charge in [0.05, 0.1) is 22.7 Å². The summed E-state index contributed by atoms with van der Waals surface area (Å²) in [7, 11) is 1.49. The molecule has 1 N–H and O–H groups in total. The van der Waals surface area contributed by atoms with Crippen LogP contribution in [0.5, 0.6) is 0 Å². The topological polar surface area (TPSA) is 64.6 Å². The van der Waals surface area contributed by atoms with E-state index in [1.54, 1.807) is 32.9 Å². The zero-order chi connectivity index (χ0) is 17.6. The fourth-order valence-corrected chi connectivity index (χ4v) is 2.14. The van der Waals surface area contributed by atoms with Crippen molar-refractivity contribution >= 4 is 35.1 Å². The van der Waals surface area contributed by atoms with E-state index in [-0.39, 0.29) is 18.8 Å². The number of carbonyl (C=O) groups excluding carboxylic acids is 2. The third kappa shape index (κ3) is 7.20. The normalized spacial score (nSPS) is 12.6. The second-order valence-corrected chi connectivity index (χ2v) is 6.87. The molecule has 0 fully saturated rings. The number of ketones is 1. The molecule has 7 heteroatoms. The lowest BCUT2D eigenvalue weighted by Gasteiger charge is -2.23. The number of Topliss-reactive ketones (excluding diaryl/α,β-unsaturated/α-hetero) is 1. The fourth-order valence-electron chi connectivity index (χ4n) is 1.84. The SMILES string of the molecule is COCC(CC(=O)c1ccc(Cl)c(Cl)c1)NC(=O)OC(C)(C)C. The van der Waals surface area contributed by atoms with E-state index >= 15 is 0 Å². The molecule has 0 aliphatic carbocycles. The van der Waals surface area contributed by atoms with Crippen LogP contribution in [0.2, 0.25) is 10.0 Å². The van der Waals surface area contributed by atoms with Gasteiger partial charge in [-0.1, -0.05) is 23.2 Å². The average molecular weight is 362 g/mol. The fraction of sp³-hybridized carbons (Fsp3) is 0.500. The van der Waals surface area contributed by atoms with Crippen LogP contribution >= 0.6 is 23.2 Å². The highest BCUT2D eigenvalue weighted by Gasteiger charge is 2.22. The van der Waals surface area contributed by atoms with Crippen LogP contribution in [0.1, 0.15) is 37.6 Å². The Balaban J connectivity index is 2.72. The molecule has 1 unspecified atom stereocenters. The van der Waals surface area contributed by atoms with E-state index in [4.69, 9.17) is 32.7 Å². The summed E-state index contributed by atoms with van der Waals surface area (Å²) in [5, 5.41) is 3.32. The zero-order valence-electron chi connectivity index (χ0n) is 13.6. The summed E-state index contributed by atoms with van der Waals surface area (Å²) in [6.45, 7) is 5.47. The van der Waals surface area contributed by atoms with Crippen molar-refractivity contribution < 1.29 is 19.1 Å². The minimum Gasteiger partial charge on any atom is -0.444 e. The number of benzene rings is 1. The largest absolute Gasteiger partial charge is 0.444 e. The molecule has 1 amide bonds. The van der Waals surface area contributed by atoms with Gasteiger partial charge in [0.2, 0.25) is 0 Å². The standard InChI is InChI=1S/C16H21Cl2NO4/c1-16(2,3)23-15(21)19-11(9-22-4)8-14(20)10-5-6-12(17)13(18)7-10/h5-7,11H,8-9H2,1-4H3,(H,19,21). The molecule has 0 aromatic heterocycles. The molecule has 1 rings (SSSR count). The second-order valence-electron chi connectivity index (χ2n) is 6.05. The van der Waals surface area contributed by atoms with Gasteiger partial charge in [-0.3, -0.25) is 4.79 Å². The molecule has 0 saturated heterocycles. The van der Waals surface area contributed by atoms with Gasteiger partial charge in [-0.15, -0.1) is 0 Å². The molecule has 0 bridgehead atoms. The van der Waals surface area contributed by atoms with Gasteiger partial charge in [0.15, 0.2) is 5.78 Å². The lowest BCUT2D eigenvalue weighted by molar-refractivity contribution is 0.0464. The van der Waals surface area contributed by atoms with Crippen molar-refractivity contribution in [2.45, 2.75) is 38.8 Å². The van der Waals surface area contributed by atoms with Crippen LogP contribution in [-0.2, 0) is 9.47 Å². The molecule has 128 valence electrons. The van der Waals surface area contributed by atoms with Crippen molar-refractivity contribution in [2.75, 3.05) is 13.7 Å². The highest BCUT2D eigenvalue weighted by molar-refractivity contribution is 6.42. The van der Waals surface area contributed by atoms with Gasteiger partial charge in [-0.25, -0.2) is 4.79 Å². The summed E-state index contributed by atoms with van der Waals surface area (Å²) < 4.78 is 10.2. The van der Waals surface area contributed by atoms with Gasteiger partial charge >= 0.3 is 6.09 Å². The number of alkyl carbamates (subject to hydrolysis) is 1. The van der Waals surface area contributed by atoms with Crippen molar-refractivity contribution in [1.29, 1.82) is 0 Å². The number of rotatable bonds is 6. The summed E-state index contributed by atoms with van der Waals surface area (Å²) in [5.74, 6) is -0.179. The summed E-state index contributed by atoms with van der Waals surface area (Å²) in [6.07, 6.45) is -0.535. The number of hydrogen-bond donors (Lipinski definition) is 1. The molecule has 0 aliphatic rings. The molecule has 1 aromatic carbocycles. The van der Waals surface area contributed by atoms with E-state index in [0.29, 0.717) is 15.6 Å². The van der Waals surface area contributed by atoms with Crippen LogP contribution < -0.4 is 5.32 Å². The maximum Gasteiger partial charge on any atom is 0.407 e. The van der Waals surface area contributed by atoms with Crippen LogP contribution in [0.15, 0.2) is 18.2 Å². The molecule has 1 atom stereocenters. The Bertz CT molecular complexity index is 570. The highest BCUT2D eigenvalue weighted by Crippen LogP contribution is 2.23. The van der Waals surface area contributed by atoms with Crippen LogP contribution in [0, 0.1) is 0 Å². The molecule has 0 radical (unpaired) electrons. The number of ether oxygens (including phenoxy) is 2. The first-order valence-electron chi connectivity index (χ1n) is 7.09.